The van der Waals surface area contributed by atoms with Gasteiger partial charge in [0.25, 0.3) is 0 Å². The number of hydrogen-bond acceptors (Lipinski definition) is 2. The molecular weight excluding hydrogens is 206 g/mol. The Kier molecular flexibility index (Phi) is 6.50. The van der Waals surface area contributed by atoms with E-state index >= 15 is 0 Å². The van der Waals surface area contributed by atoms with Crippen LogP contribution in [-0.2, 0) is 10.8 Å². The average molecular weight is 231 g/mol. The first-order chi connectivity index (χ1) is 7.24. The van der Waals surface area contributed by atoms with Gasteiger partial charge in [-0.25, -0.2) is 0 Å². The third kappa shape index (κ3) is 5.12. The van der Waals surface area contributed by atoms with Crippen LogP contribution in [0.1, 0.15) is 51.9 Å². The lowest BCUT2D eigenvalue weighted by Crippen LogP contribution is -2.24. The molecule has 1 fully saturated rings. The smallest absolute Gasteiger partial charge is 0.0350 e. The summed E-state index contributed by atoms with van der Waals surface area (Å²) in [6.07, 6.45) is 8.30. The SMILES string of the molecule is CC1CCCC(S(=O)CCCCCN)C1. The molecule has 1 aliphatic carbocycles. The predicted octanol–water partition coefficient (Wildman–Crippen LogP) is 2.44. The molecular formula is C12H25NOS. The highest BCUT2D eigenvalue weighted by atomic mass is 32.2. The molecule has 2 N–H and O–H groups in total. The second-order valence-electron chi connectivity index (χ2n) is 4.83. The lowest BCUT2D eigenvalue weighted by molar-refractivity contribution is 0.389. The lowest BCUT2D eigenvalue weighted by atomic mass is 9.91. The molecule has 0 aliphatic heterocycles. The third-order valence-corrected chi connectivity index (χ3v) is 5.17. The van der Waals surface area contributed by atoms with Gasteiger partial charge in [-0.3, -0.25) is 4.21 Å². The first-order valence-corrected chi connectivity index (χ1v) is 7.69. The van der Waals surface area contributed by atoms with E-state index in [4.69, 9.17) is 5.73 Å². The van der Waals surface area contributed by atoms with E-state index in [1.165, 1.54) is 25.7 Å². The quantitative estimate of drug-likeness (QED) is 0.714. The Morgan fingerprint density at radius 1 is 1.27 bits per heavy atom. The normalized spacial score (nSPS) is 28.9. The van der Waals surface area contributed by atoms with Crippen molar-refractivity contribution < 1.29 is 4.21 Å². The first-order valence-electron chi connectivity index (χ1n) is 6.31. The zero-order valence-electron chi connectivity index (χ0n) is 9.91. The van der Waals surface area contributed by atoms with Gasteiger partial charge in [0.15, 0.2) is 0 Å². The summed E-state index contributed by atoms with van der Waals surface area (Å²) in [5.74, 6) is 1.69. The van der Waals surface area contributed by atoms with Crippen LogP contribution < -0.4 is 5.73 Å². The van der Waals surface area contributed by atoms with Crippen molar-refractivity contribution >= 4 is 10.8 Å². The maximum atomic E-state index is 12.0. The molecule has 0 aromatic carbocycles. The van der Waals surface area contributed by atoms with Crippen LogP contribution >= 0.6 is 0 Å². The summed E-state index contributed by atoms with van der Waals surface area (Å²) < 4.78 is 12.0. The number of unbranched alkanes of at least 4 members (excludes halogenated alkanes) is 2. The van der Waals surface area contributed by atoms with Crippen molar-refractivity contribution in [1.29, 1.82) is 0 Å². The standard InChI is InChI=1S/C12H25NOS/c1-11-6-5-7-12(10-11)15(14)9-4-2-3-8-13/h11-12H,2-10,13H2,1H3. The Hall–Kier alpha value is 0.110. The summed E-state index contributed by atoms with van der Waals surface area (Å²) in [5.41, 5.74) is 5.43. The molecule has 0 aromatic heterocycles. The third-order valence-electron chi connectivity index (χ3n) is 3.31. The summed E-state index contributed by atoms with van der Waals surface area (Å²) in [7, 11) is -0.571. The molecule has 3 atom stereocenters. The molecule has 1 saturated carbocycles. The monoisotopic (exact) mass is 231 g/mol. The topological polar surface area (TPSA) is 43.1 Å². The largest absolute Gasteiger partial charge is 0.330 e. The van der Waals surface area contributed by atoms with E-state index in [-0.39, 0.29) is 0 Å². The first kappa shape index (κ1) is 13.2. The highest BCUT2D eigenvalue weighted by Gasteiger charge is 2.23. The van der Waals surface area contributed by atoms with Crippen molar-refractivity contribution in [2.24, 2.45) is 11.7 Å². The van der Waals surface area contributed by atoms with Crippen molar-refractivity contribution in [3.05, 3.63) is 0 Å². The van der Waals surface area contributed by atoms with Gasteiger partial charge in [0.05, 0.1) is 0 Å². The molecule has 0 spiro atoms. The van der Waals surface area contributed by atoms with Gasteiger partial charge in [-0.15, -0.1) is 0 Å². The Bertz CT molecular complexity index is 196. The van der Waals surface area contributed by atoms with Gasteiger partial charge in [0.1, 0.15) is 0 Å². The van der Waals surface area contributed by atoms with E-state index in [2.05, 4.69) is 6.92 Å². The zero-order valence-corrected chi connectivity index (χ0v) is 10.7. The summed E-state index contributed by atoms with van der Waals surface area (Å²) in [6.45, 7) is 3.06. The van der Waals surface area contributed by atoms with Crippen molar-refractivity contribution in [2.75, 3.05) is 12.3 Å². The van der Waals surface area contributed by atoms with Crippen molar-refractivity contribution in [2.45, 2.75) is 57.1 Å². The Balaban J connectivity index is 2.15. The maximum absolute atomic E-state index is 12.0. The summed E-state index contributed by atoms with van der Waals surface area (Å²) in [4.78, 5) is 0. The average Bonchev–Trinajstić information content (AvgIpc) is 2.24. The van der Waals surface area contributed by atoms with E-state index in [0.717, 1.165) is 37.5 Å². The second-order valence-corrected chi connectivity index (χ2v) is 6.66. The van der Waals surface area contributed by atoms with E-state index in [9.17, 15) is 4.21 Å². The predicted molar refractivity (Wildman–Crippen MR) is 67.3 cm³/mol. The zero-order chi connectivity index (χ0) is 11.1. The van der Waals surface area contributed by atoms with Crippen LogP contribution in [0.5, 0.6) is 0 Å². The lowest BCUT2D eigenvalue weighted by Gasteiger charge is -2.25. The van der Waals surface area contributed by atoms with Crippen LogP contribution in [0.15, 0.2) is 0 Å². The van der Waals surface area contributed by atoms with Gasteiger partial charge in [0, 0.05) is 21.8 Å². The van der Waals surface area contributed by atoms with E-state index in [1.807, 2.05) is 0 Å². The highest BCUT2D eigenvalue weighted by molar-refractivity contribution is 7.85. The fourth-order valence-corrected chi connectivity index (χ4v) is 4.14. The van der Waals surface area contributed by atoms with E-state index < -0.39 is 10.8 Å². The van der Waals surface area contributed by atoms with Gasteiger partial charge in [0.2, 0.25) is 0 Å². The molecule has 3 unspecified atom stereocenters. The molecule has 0 bridgehead atoms. The fourth-order valence-electron chi connectivity index (χ4n) is 2.35. The minimum Gasteiger partial charge on any atom is -0.330 e. The molecule has 0 heterocycles. The van der Waals surface area contributed by atoms with E-state index in [0.29, 0.717) is 5.25 Å². The molecule has 1 aliphatic rings. The molecule has 90 valence electrons. The molecule has 1 rings (SSSR count). The Morgan fingerprint density at radius 3 is 2.73 bits per heavy atom. The Morgan fingerprint density at radius 2 is 2.07 bits per heavy atom. The summed E-state index contributed by atoms with van der Waals surface area (Å²) in [5, 5.41) is 0.492. The van der Waals surface area contributed by atoms with Gasteiger partial charge in [-0.05, 0) is 38.1 Å². The van der Waals surface area contributed by atoms with Gasteiger partial charge >= 0.3 is 0 Å². The molecule has 0 saturated heterocycles. The molecule has 2 nitrogen and oxygen atoms in total. The molecule has 15 heavy (non-hydrogen) atoms. The fraction of sp³-hybridized carbons (Fsp3) is 1.00. The maximum Gasteiger partial charge on any atom is 0.0350 e. The van der Waals surface area contributed by atoms with E-state index in [1.54, 1.807) is 0 Å². The molecule has 3 heteroatoms. The number of hydrogen-bond donors (Lipinski definition) is 1. The van der Waals surface area contributed by atoms with Crippen LogP contribution in [0.2, 0.25) is 0 Å². The number of rotatable bonds is 6. The van der Waals surface area contributed by atoms with Crippen molar-refractivity contribution in [3.63, 3.8) is 0 Å². The molecule has 0 aromatic rings. The number of nitrogens with two attached hydrogens (primary N) is 1. The second kappa shape index (κ2) is 7.39. The van der Waals surface area contributed by atoms with Gasteiger partial charge < -0.3 is 5.73 Å². The van der Waals surface area contributed by atoms with Gasteiger partial charge in [-0.1, -0.05) is 26.2 Å². The highest BCUT2D eigenvalue weighted by Crippen LogP contribution is 2.27. The van der Waals surface area contributed by atoms with Gasteiger partial charge in [-0.2, -0.15) is 0 Å². The summed E-state index contributed by atoms with van der Waals surface area (Å²) >= 11 is 0. The van der Waals surface area contributed by atoms with Crippen LogP contribution in [0.4, 0.5) is 0 Å². The molecule has 0 radical (unpaired) electrons. The minimum absolute atomic E-state index is 0.492. The van der Waals surface area contributed by atoms with Crippen LogP contribution in [0.3, 0.4) is 0 Å². The summed E-state index contributed by atoms with van der Waals surface area (Å²) in [6, 6.07) is 0. The van der Waals surface area contributed by atoms with Crippen molar-refractivity contribution in [3.8, 4) is 0 Å². The van der Waals surface area contributed by atoms with Crippen molar-refractivity contribution in [1.82, 2.24) is 0 Å². The van der Waals surface area contributed by atoms with Crippen LogP contribution in [0.25, 0.3) is 0 Å². The minimum atomic E-state index is -0.571. The molecule has 0 amide bonds. The van der Waals surface area contributed by atoms with Crippen LogP contribution in [0, 0.1) is 5.92 Å². The van der Waals surface area contributed by atoms with Crippen LogP contribution in [-0.4, -0.2) is 21.8 Å². The Labute approximate surface area is 96.5 Å².